The zero-order valence-electron chi connectivity index (χ0n) is 15.4. The number of carbonyl (C=O) groups is 1. The molecule has 0 aliphatic rings. The topological polar surface area (TPSA) is 79.2 Å². The predicted octanol–water partition coefficient (Wildman–Crippen LogP) is 3.49. The van der Waals surface area contributed by atoms with Crippen molar-refractivity contribution < 1.29 is 18.7 Å². The lowest BCUT2D eigenvalue weighted by Gasteiger charge is -2.25. The van der Waals surface area contributed by atoms with Gasteiger partial charge in [-0.1, -0.05) is 18.2 Å². The summed E-state index contributed by atoms with van der Waals surface area (Å²) in [4.78, 5) is 12.3. The second-order valence-electron chi connectivity index (χ2n) is 6.61. The molecule has 0 aliphatic heterocycles. The van der Waals surface area contributed by atoms with Crippen molar-refractivity contribution in [1.82, 2.24) is 15.1 Å². The zero-order chi connectivity index (χ0) is 20.3. The van der Waals surface area contributed by atoms with Crippen LogP contribution in [0.15, 0.2) is 54.7 Å². The summed E-state index contributed by atoms with van der Waals surface area (Å²) in [5.74, 6) is -1.63. The van der Waals surface area contributed by atoms with Gasteiger partial charge >= 0.3 is 6.03 Å². The number of hydrogen-bond donors (Lipinski definition) is 3. The molecule has 1 aromatic heterocycles. The van der Waals surface area contributed by atoms with Crippen LogP contribution in [0.1, 0.15) is 18.2 Å². The molecule has 1 heterocycles. The van der Waals surface area contributed by atoms with Crippen LogP contribution in [0.25, 0.3) is 5.69 Å². The number of carbonyl (C=O) groups excluding carboxylic acids is 1. The van der Waals surface area contributed by atoms with E-state index in [4.69, 9.17) is 0 Å². The number of aromatic nitrogens is 2. The lowest BCUT2D eigenvalue weighted by molar-refractivity contribution is 0.0561. The van der Waals surface area contributed by atoms with Crippen molar-refractivity contribution in [3.05, 3.63) is 77.6 Å². The Morgan fingerprint density at radius 3 is 2.64 bits per heavy atom. The normalized spacial score (nSPS) is 13.0. The van der Waals surface area contributed by atoms with Crippen molar-refractivity contribution in [3.63, 3.8) is 0 Å². The van der Waals surface area contributed by atoms with Gasteiger partial charge in [-0.3, -0.25) is 0 Å². The summed E-state index contributed by atoms with van der Waals surface area (Å²) in [6.07, 6.45) is 1.65. The number of hydrogen-bond acceptors (Lipinski definition) is 3. The van der Waals surface area contributed by atoms with Crippen molar-refractivity contribution >= 4 is 11.7 Å². The van der Waals surface area contributed by atoms with E-state index in [0.29, 0.717) is 17.4 Å². The van der Waals surface area contributed by atoms with Crippen molar-refractivity contribution in [3.8, 4) is 5.69 Å². The molecule has 0 fully saturated rings. The first-order valence-corrected chi connectivity index (χ1v) is 8.61. The van der Waals surface area contributed by atoms with Crippen molar-refractivity contribution in [2.75, 3.05) is 11.9 Å². The maximum Gasteiger partial charge on any atom is 0.319 e. The molecule has 0 bridgehead atoms. The molecule has 1 unspecified atom stereocenters. The Morgan fingerprint density at radius 1 is 1.21 bits per heavy atom. The van der Waals surface area contributed by atoms with Gasteiger partial charge in [-0.2, -0.15) is 5.10 Å². The molecule has 146 valence electrons. The Kier molecular flexibility index (Phi) is 5.41. The number of halogens is 2. The number of anilines is 1. The summed E-state index contributed by atoms with van der Waals surface area (Å²) in [5.41, 5.74) is 0.259. The molecule has 0 saturated heterocycles. The Bertz CT molecular complexity index is 1000. The second-order valence-corrected chi connectivity index (χ2v) is 6.61. The van der Waals surface area contributed by atoms with E-state index >= 15 is 0 Å². The number of nitrogens with one attached hydrogen (secondary N) is 2. The minimum absolute atomic E-state index is 0.109. The summed E-state index contributed by atoms with van der Waals surface area (Å²) >= 11 is 0. The van der Waals surface area contributed by atoms with E-state index in [1.807, 2.05) is 19.1 Å². The van der Waals surface area contributed by atoms with Crippen LogP contribution < -0.4 is 10.6 Å². The summed E-state index contributed by atoms with van der Waals surface area (Å²) in [6, 6.07) is 11.3. The van der Waals surface area contributed by atoms with Crippen LogP contribution >= 0.6 is 0 Å². The highest BCUT2D eigenvalue weighted by atomic mass is 19.1. The minimum Gasteiger partial charge on any atom is -0.383 e. The van der Waals surface area contributed by atoms with E-state index in [9.17, 15) is 18.7 Å². The fourth-order valence-corrected chi connectivity index (χ4v) is 2.83. The third kappa shape index (κ3) is 4.17. The maximum absolute atomic E-state index is 13.9. The minimum atomic E-state index is -1.72. The Balaban J connectivity index is 1.71. The van der Waals surface area contributed by atoms with Crippen LogP contribution in [0, 0.1) is 18.6 Å². The Labute approximate surface area is 160 Å². The number of amides is 2. The number of urea groups is 1. The summed E-state index contributed by atoms with van der Waals surface area (Å²) in [5, 5.41) is 19.9. The number of rotatable bonds is 5. The fraction of sp³-hybridized carbons (Fsp3) is 0.200. The number of aliphatic hydroxyl groups is 1. The van der Waals surface area contributed by atoms with E-state index in [1.165, 1.54) is 6.92 Å². The van der Waals surface area contributed by atoms with Crippen molar-refractivity contribution in [2.45, 2.75) is 19.4 Å². The highest BCUT2D eigenvalue weighted by molar-refractivity contribution is 5.91. The lowest BCUT2D eigenvalue weighted by Crippen LogP contribution is -2.41. The van der Waals surface area contributed by atoms with Gasteiger partial charge in [-0.25, -0.2) is 18.3 Å². The van der Waals surface area contributed by atoms with Crippen LogP contribution in [0.4, 0.5) is 19.3 Å². The van der Waals surface area contributed by atoms with Gasteiger partial charge in [0.05, 0.1) is 17.9 Å². The van der Waals surface area contributed by atoms with E-state index in [0.717, 1.165) is 17.8 Å². The van der Waals surface area contributed by atoms with Crippen LogP contribution in [-0.4, -0.2) is 27.5 Å². The SMILES string of the molecule is Cc1ccnn1-c1ccccc1NC(=O)NCC(C)(O)c1ccc(F)cc1F. The quantitative estimate of drug-likeness (QED) is 0.628. The van der Waals surface area contributed by atoms with Crippen LogP contribution in [0.3, 0.4) is 0 Å². The monoisotopic (exact) mass is 386 g/mol. The van der Waals surface area contributed by atoms with Gasteiger partial charge in [0.25, 0.3) is 0 Å². The Morgan fingerprint density at radius 2 is 1.96 bits per heavy atom. The number of aryl methyl sites for hydroxylation is 1. The van der Waals surface area contributed by atoms with Crippen molar-refractivity contribution in [1.29, 1.82) is 0 Å². The molecule has 2 aromatic carbocycles. The lowest BCUT2D eigenvalue weighted by atomic mass is 9.95. The van der Waals surface area contributed by atoms with Gasteiger partial charge in [0, 0.05) is 23.5 Å². The molecule has 0 aliphatic carbocycles. The molecule has 28 heavy (non-hydrogen) atoms. The molecule has 3 rings (SSSR count). The zero-order valence-corrected chi connectivity index (χ0v) is 15.4. The molecule has 0 saturated carbocycles. The van der Waals surface area contributed by atoms with Crippen LogP contribution in [-0.2, 0) is 5.60 Å². The second kappa shape index (κ2) is 7.77. The first-order valence-electron chi connectivity index (χ1n) is 8.61. The van der Waals surface area contributed by atoms with Gasteiger partial charge in [0.2, 0.25) is 0 Å². The molecule has 1 atom stereocenters. The molecule has 6 nitrogen and oxygen atoms in total. The van der Waals surface area contributed by atoms with Gasteiger partial charge < -0.3 is 15.7 Å². The predicted molar refractivity (Wildman–Crippen MR) is 101 cm³/mol. The molecule has 3 N–H and O–H groups in total. The molecular formula is C20H20F2N4O2. The first kappa shape index (κ1) is 19.5. The maximum atomic E-state index is 13.9. The van der Waals surface area contributed by atoms with Crippen molar-refractivity contribution in [2.24, 2.45) is 0 Å². The Hall–Kier alpha value is -3.26. The van der Waals surface area contributed by atoms with Gasteiger partial charge in [-0.15, -0.1) is 0 Å². The highest BCUT2D eigenvalue weighted by Crippen LogP contribution is 2.24. The smallest absolute Gasteiger partial charge is 0.319 e. The third-order valence-electron chi connectivity index (χ3n) is 4.32. The largest absolute Gasteiger partial charge is 0.383 e. The van der Waals surface area contributed by atoms with Crippen LogP contribution in [0.2, 0.25) is 0 Å². The molecule has 2 amide bonds. The van der Waals surface area contributed by atoms with E-state index in [-0.39, 0.29) is 12.1 Å². The summed E-state index contributed by atoms with van der Waals surface area (Å²) in [6.45, 7) is 2.95. The first-order chi connectivity index (χ1) is 13.3. The average molecular weight is 386 g/mol. The summed E-state index contributed by atoms with van der Waals surface area (Å²) < 4.78 is 28.7. The van der Waals surface area contributed by atoms with Gasteiger partial charge in [0.15, 0.2) is 0 Å². The molecule has 8 heteroatoms. The van der Waals surface area contributed by atoms with E-state index < -0.39 is 23.3 Å². The standard InChI is InChI=1S/C20H20F2N4O2/c1-13-9-10-24-26(13)18-6-4-3-5-17(18)25-19(27)23-12-20(2,28)15-8-7-14(21)11-16(15)22/h3-11,28H,12H2,1-2H3,(H2,23,25,27). The third-order valence-corrected chi connectivity index (χ3v) is 4.32. The number of nitrogens with zero attached hydrogens (tertiary/aromatic N) is 2. The van der Waals surface area contributed by atoms with E-state index in [1.54, 1.807) is 29.1 Å². The molecule has 0 spiro atoms. The fourth-order valence-electron chi connectivity index (χ4n) is 2.83. The van der Waals surface area contributed by atoms with Gasteiger partial charge in [0.1, 0.15) is 17.2 Å². The highest BCUT2D eigenvalue weighted by Gasteiger charge is 2.27. The summed E-state index contributed by atoms with van der Waals surface area (Å²) in [7, 11) is 0. The van der Waals surface area contributed by atoms with Gasteiger partial charge in [-0.05, 0) is 38.1 Å². The van der Waals surface area contributed by atoms with E-state index in [2.05, 4.69) is 15.7 Å². The molecule has 3 aromatic rings. The molecular weight excluding hydrogens is 366 g/mol. The van der Waals surface area contributed by atoms with Crippen LogP contribution in [0.5, 0.6) is 0 Å². The number of para-hydroxylation sites is 2. The number of benzene rings is 2. The average Bonchev–Trinajstić information content (AvgIpc) is 3.06. The molecule has 0 radical (unpaired) electrons.